The van der Waals surface area contributed by atoms with Gasteiger partial charge in [-0.25, -0.2) is 0 Å². The molecule has 5 nitrogen and oxygen atoms in total. The molecule has 0 spiro atoms. The Kier molecular flexibility index (Phi) is 10.5. The van der Waals surface area contributed by atoms with Gasteiger partial charge in [-0.3, -0.25) is 9.97 Å². The average Bonchev–Trinajstić information content (AvgIpc) is 3.68. The molecule has 0 N–H and O–H groups in total. The second-order valence-electron chi connectivity index (χ2n) is 14.0. The summed E-state index contributed by atoms with van der Waals surface area (Å²) in [6.45, 7) is 6.65. The largest absolute Gasteiger partial charge is 0.513 e. The first-order valence-corrected chi connectivity index (χ1v) is 24.2. The van der Waals surface area contributed by atoms with E-state index >= 15 is 0 Å². The van der Waals surface area contributed by atoms with Crippen molar-refractivity contribution in [1.82, 2.24) is 19.5 Å². The molecule has 0 bridgehead atoms. The van der Waals surface area contributed by atoms with E-state index in [2.05, 4.69) is 97.3 Å². The van der Waals surface area contributed by atoms with Gasteiger partial charge in [-0.15, -0.1) is 12.1 Å². The van der Waals surface area contributed by atoms with E-state index in [-0.39, 0.29) is 20.1 Å². The van der Waals surface area contributed by atoms with Gasteiger partial charge in [0.1, 0.15) is 5.58 Å². The van der Waals surface area contributed by atoms with Crippen LogP contribution in [0.15, 0.2) is 120 Å². The first-order valence-electron chi connectivity index (χ1n) is 16.9. The summed E-state index contributed by atoms with van der Waals surface area (Å²) in [5.41, 5.74) is 10.9. The fraction of sp³-hybridized carbons (Fsp3) is 0.186. The van der Waals surface area contributed by atoms with E-state index in [1.54, 1.807) is 4.40 Å². The van der Waals surface area contributed by atoms with Gasteiger partial charge >= 0.3 is 126 Å². The molecule has 1 radical (unpaired) electrons. The standard InChI is InChI=1S/C25H16N3O.C18H24GeN.Ir/c1-16-8-7-13-21-23(16)24-22(29-21)15-14-19(26-24)25-27-18-11-5-6-12-20(18)28(25)17-9-3-2-4-10-17;1-14(2)11-16-12-18(15-9-7-6-8-10-15)20-13-17(16)19(3,4)5;/h2-13,15H,1H3;6-9,12-14H,11H2,1-5H3;/q2*-1;. The number of aromatic nitrogens is 4. The second kappa shape index (κ2) is 14.9. The van der Waals surface area contributed by atoms with Gasteiger partial charge in [0.25, 0.3) is 0 Å². The third-order valence-electron chi connectivity index (χ3n) is 8.69. The van der Waals surface area contributed by atoms with Crippen LogP contribution in [0.3, 0.4) is 0 Å². The molecule has 0 unspecified atom stereocenters. The number of para-hydroxylation sites is 3. The summed E-state index contributed by atoms with van der Waals surface area (Å²) in [6.07, 6.45) is 3.27. The Morgan fingerprint density at radius 2 is 1.58 bits per heavy atom. The first kappa shape index (κ1) is 35.5. The molecular weight excluding hydrogens is 853 g/mol. The summed E-state index contributed by atoms with van der Waals surface area (Å²) >= 11 is -1.86. The fourth-order valence-electron chi connectivity index (χ4n) is 6.43. The van der Waals surface area contributed by atoms with E-state index in [9.17, 15) is 0 Å². The van der Waals surface area contributed by atoms with Crippen LogP contribution in [0.25, 0.3) is 61.6 Å². The molecule has 8 rings (SSSR count). The molecule has 4 heterocycles. The number of aryl methyl sites for hydroxylation is 1. The molecule has 0 aliphatic rings. The van der Waals surface area contributed by atoms with E-state index in [0.717, 1.165) is 67.9 Å². The van der Waals surface area contributed by atoms with Crippen molar-refractivity contribution < 1.29 is 24.5 Å². The molecule has 0 fully saturated rings. The van der Waals surface area contributed by atoms with Crippen molar-refractivity contribution in [1.29, 1.82) is 0 Å². The molecule has 0 saturated heterocycles. The maximum absolute atomic E-state index is 5.98. The third-order valence-corrected chi connectivity index (χ3v) is 13.0. The van der Waals surface area contributed by atoms with E-state index in [0.29, 0.717) is 11.6 Å². The Labute approximate surface area is 310 Å². The van der Waals surface area contributed by atoms with Crippen molar-refractivity contribution in [3.05, 3.63) is 139 Å². The predicted octanol–water partition coefficient (Wildman–Crippen LogP) is 10.4. The van der Waals surface area contributed by atoms with Crippen LogP contribution in [0.4, 0.5) is 0 Å². The quantitative estimate of drug-likeness (QED) is 0.123. The van der Waals surface area contributed by atoms with Gasteiger partial charge in [0.2, 0.25) is 0 Å². The van der Waals surface area contributed by atoms with Crippen molar-refractivity contribution >= 4 is 50.8 Å². The molecule has 0 aliphatic carbocycles. The smallest absolute Gasteiger partial charge is 0.119 e. The zero-order valence-electron chi connectivity index (χ0n) is 29.3. The number of imidazole rings is 1. The molecule has 7 heteroatoms. The van der Waals surface area contributed by atoms with Crippen LogP contribution in [0.2, 0.25) is 17.3 Å². The number of nitrogens with zero attached hydrogens (tertiary/aromatic N) is 4. The van der Waals surface area contributed by atoms with Crippen LogP contribution < -0.4 is 4.40 Å². The van der Waals surface area contributed by atoms with E-state index in [4.69, 9.17) is 19.4 Å². The Balaban J connectivity index is 0.000000182. The molecule has 4 aromatic carbocycles. The Bertz CT molecular complexity index is 2390. The van der Waals surface area contributed by atoms with Gasteiger partial charge in [-0.05, 0) is 48.5 Å². The molecule has 0 aliphatic heterocycles. The monoisotopic (exact) mass is 895 g/mol. The second-order valence-corrected chi connectivity index (χ2v) is 24.5. The first-order chi connectivity index (χ1) is 23.7. The molecule has 0 atom stereocenters. The minimum Gasteiger partial charge on any atom is -0.513 e. The van der Waals surface area contributed by atoms with Gasteiger partial charge in [0.05, 0.1) is 28.0 Å². The SMILES string of the molecule is CC(C)Cc1cc(-c2[c-]cccc2)nc[c]1[Ge]([CH3])([CH3])[CH3].Cc1cccc2oc3c[c-]c(-c4nc5ccccc5n4-c4ccccc4)nc3c12.[Ir]. The third kappa shape index (κ3) is 7.25. The van der Waals surface area contributed by atoms with E-state index in [1.807, 2.05) is 72.8 Å². The topological polar surface area (TPSA) is 56.7 Å². The fourth-order valence-corrected chi connectivity index (χ4v) is 9.76. The Hall–Kier alpha value is -4.36. The van der Waals surface area contributed by atoms with Crippen LogP contribution in [-0.2, 0) is 26.5 Å². The minimum atomic E-state index is -1.86. The number of hydrogen-bond acceptors (Lipinski definition) is 4. The Morgan fingerprint density at radius 1 is 0.820 bits per heavy atom. The maximum Gasteiger partial charge on any atom is 0.119 e. The van der Waals surface area contributed by atoms with Gasteiger partial charge in [-0.2, -0.15) is 0 Å². The molecule has 8 aromatic rings. The van der Waals surface area contributed by atoms with Crippen LogP contribution in [0.1, 0.15) is 25.0 Å². The van der Waals surface area contributed by atoms with Crippen molar-refractivity contribution in [2.24, 2.45) is 5.92 Å². The van der Waals surface area contributed by atoms with Crippen molar-refractivity contribution in [3.63, 3.8) is 0 Å². The zero-order valence-corrected chi connectivity index (χ0v) is 33.8. The summed E-state index contributed by atoms with van der Waals surface area (Å²) in [6, 6.07) is 43.2. The number of benzene rings is 4. The number of fused-ring (bicyclic) bond motifs is 4. The zero-order chi connectivity index (χ0) is 34.1. The summed E-state index contributed by atoms with van der Waals surface area (Å²) < 4.78 is 9.65. The van der Waals surface area contributed by atoms with Gasteiger partial charge in [0, 0.05) is 31.2 Å². The van der Waals surface area contributed by atoms with Gasteiger partial charge < -0.3 is 8.98 Å². The average molecular weight is 894 g/mol. The van der Waals surface area contributed by atoms with Crippen molar-refractivity contribution in [2.45, 2.75) is 44.5 Å². The number of rotatable bonds is 6. The number of hydrogen-bond donors (Lipinski definition) is 0. The molecule has 253 valence electrons. The van der Waals surface area contributed by atoms with Gasteiger partial charge in [0.15, 0.2) is 0 Å². The van der Waals surface area contributed by atoms with Crippen molar-refractivity contribution in [2.75, 3.05) is 0 Å². The van der Waals surface area contributed by atoms with Gasteiger partial charge in [-0.1, -0.05) is 42.5 Å². The minimum absolute atomic E-state index is 0. The molecular formula is C43H40GeIrN4O-2. The summed E-state index contributed by atoms with van der Waals surface area (Å²) in [4.78, 5) is 14.5. The molecule has 0 amide bonds. The van der Waals surface area contributed by atoms with Crippen LogP contribution >= 0.6 is 0 Å². The summed E-state index contributed by atoms with van der Waals surface area (Å²) in [5, 5.41) is 1.04. The maximum atomic E-state index is 5.98. The van der Waals surface area contributed by atoms with Crippen LogP contribution in [-0.4, -0.2) is 32.8 Å². The number of pyridine rings is 2. The Morgan fingerprint density at radius 3 is 2.32 bits per heavy atom. The molecule has 50 heavy (non-hydrogen) atoms. The number of furan rings is 1. The van der Waals surface area contributed by atoms with E-state index < -0.39 is 13.3 Å². The van der Waals surface area contributed by atoms with Crippen molar-refractivity contribution in [3.8, 4) is 28.5 Å². The predicted molar refractivity (Wildman–Crippen MR) is 205 cm³/mol. The molecule has 0 saturated carbocycles. The summed E-state index contributed by atoms with van der Waals surface area (Å²) in [5.74, 6) is 8.76. The van der Waals surface area contributed by atoms with E-state index in [1.165, 1.54) is 5.56 Å². The molecule has 4 aromatic heterocycles. The van der Waals surface area contributed by atoms with Crippen LogP contribution in [0, 0.1) is 25.0 Å². The normalized spacial score (nSPS) is 11.5. The van der Waals surface area contributed by atoms with Crippen LogP contribution in [0.5, 0.6) is 0 Å². The summed E-state index contributed by atoms with van der Waals surface area (Å²) in [7, 11) is 0.